The Labute approximate surface area is 181 Å². The predicted molar refractivity (Wildman–Crippen MR) is 116 cm³/mol. The minimum Gasteiger partial charge on any atom is -0.394 e. The van der Waals surface area contributed by atoms with Crippen LogP contribution in [-0.2, 0) is 13.0 Å². The number of aliphatic hydroxyl groups is 1. The number of carbonyl (C=O) groups is 1. The maximum Gasteiger partial charge on any atom is 0.318 e. The Morgan fingerprint density at radius 2 is 2.17 bits per heavy atom. The zero-order valence-electron chi connectivity index (χ0n) is 16.9. The highest BCUT2D eigenvalue weighted by Crippen LogP contribution is 2.25. The summed E-state index contributed by atoms with van der Waals surface area (Å²) in [7, 11) is 0. The van der Waals surface area contributed by atoms with Crippen LogP contribution < -0.4 is 16.0 Å². The summed E-state index contributed by atoms with van der Waals surface area (Å²) in [4.78, 5) is 23.6. The number of nitrogens with zero attached hydrogens (tertiary/aromatic N) is 3. The van der Waals surface area contributed by atoms with Crippen molar-refractivity contribution < 1.29 is 9.90 Å². The van der Waals surface area contributed by atoms with Crippen molar-refractivity contribution in [2.45, 2.75) is 37.9 Å². The highest BCUT2D eigenvalue weighted by molar-refractivity contribution is 6.30. The van der Waals surface area contributed by atoms with E-state index in [0.29, 0.717) is 24.1 Å². The van der Waals surface area contributed by atoms with Crippen LogP contribution in [0.1, 0.15) is 29.7 Å². The van der Waals surface area contributed by atoms with Gasteiger partial charge < -0.3 is 26.0 Å². The number of hydrogen-bond donors (Lipinski definition) is 4. The molecular formula is C21H27ClN6O2. The summed E-state index contributed by atoms with van der Waals surface area (Å²) < 4.78 is 0. The summed E-state index contributed by atoms with van der Waals surface area (Å²) in [6.45, 7) is 4.49. The smallest absolute Gasteiger partial charge is 0.318 e. The van der Waals surface area contributed by atoms with Gasteiger partial charge in [0, 0.05) is 42.8 Å². The van der Waals surface area contributed by atoms with E-state index in [-0.39, 0.29) is 30.6 Å². The zero-order valence-corrected chi connectivity index (χ0v) is 17.7. The molecule has 2 aliphatic heterocycles. The number of benzene rings is 1. The van der Waals surface area contributed by atoms with Crippen molar-refractivity contribution in [1.29, 1.82) is 0 Å². The second kappa shape index (κ2) is 9.16. The first-order chi connectivity index (χ1) is 14.5. The van der Waals surface area contributed by atoms with Crippen LogP contribution in [0, 0.1) is 0 Å². The molecule has 0 spiro atoms. The lowest BCUT2D eigenvalue weighted by molar-refractivity contribution is 0.187. The molecule has 0 radical (unpaired) electrons. The summed E-state index contributed by atoms with van der Waals surface area (Å²) >= 11 is 6.01. The van der Waals surface area contributed by atoms with Gasteiger partial charge in [0.05, 0.1) is 24.9 Å². The third kappa shape index (κ3) is 4.66. The Morgan fingerprint density at radius 3 is 2.93 bits per heavy atom. The molecule has 8 nitrogen and oxygen atoms in total. The molecule has 9 heteroatoms. The molecule has 3 atom stereocenters. The van der Waals surface area contributed by atoms with E-state index in [4.69, 9.17) is 11.6 Å². The van der Waals surface area contributed by atoms with E-state index in [2.05, 4.69) is 25.9 Å². The van der Waals surface area contributed by atoms with E-state index < -0.39 is 0 Å². The monoisotopic (exact) mass is 430 g/mol. The summed E-state index contributed by atoms with van der Waals surface area (Å²) in [5.41, 5.74) is 3.07. The van der Waals surface area contributed by atoms with Gasteiger partial charge in [-0.15, -0.1) is 0 Å². The molecule has 1 fully saturated rings. The first-order valence-corrected chi connectivity index (χ1v) is 10.6. The zero-order chi connectivity index (χ0) is 21.1. The van der Waals surface area contributed by atoms with Crippen molar-refractivity contribution in [1.82, 2.24) is 25.5 Å². The fraction of sp³-hybridized carbons (Fsp3) is 0.476. The van der Waals surface area contributed by atoms with Gasteiger partial charge >= 0.3 is 6.03 Å². The van der Waals surface area contributed by atoms with Crippen molar-refractivity contribution in [3.05, 3.63) is 52.3 Å². The Hall–Kier alpha value is -2.42. The lowest BCUT2D eigenvalue weighted by Crippen LogP contribution is -2.48. The summed E-state index contributed by atoms with van der Waals surface area (Å²) in [6.07, 6.45) is 2.53. The standard InChI is InChI=1S/C21H27ClN6O2/c1-13(12-29)25-20-24-8-15-6-7-28(11-19(15)26-20)21(30)27-18-10-23-9-17(18)14-2-4-16(22)5-3-14/h2-5,8,13,17-18,23,29H,6-7,9-12H2,1H3,(H,27,30)(H,24,25,26)/t13-,17-,18+/m0/s1. The molecule has 2 amide bonds. The van der Waals surface area contributed by atoms with Crippen LogP contribution in [-0.4, -0.2) is 64.3 Å². The molecule has 1 saturated heterocycles. The van der Waals surface area contributed by atoms with Crippen molar-refractivity contribution in [2.75, 3.05) is 31.6 Å². The van der Waals surface area contributed by atoms with Crippen molar-refractivity contribution >= 4 is 23.6 Å². The first-order valence-electron chi connectivity index (χ1n) is 10.3. The Balaban J connectivity index is 1.41. The largest absolute Gasteiger partial charge is 0.394 e. The van der Waals surface area contributed by atoms with E-state index in [1.807, 2.05) is 37.4 Å². The Bertz CT molecular complexity index is 894. The third-order valence-corrected chi connectivity index (χ3v) is 5.96. The van der Waals surface area contributed by atoms with Crippen LogP contribution in [0.2, 0.25) is 5.02 Å². The summed E-state index contributed by atoms with van der Waals surface area (Å²) in [6, 6.07) is 7.63. The summed E-state index contributed by atoms with van der Waals surface area (Å²) in [5, 5.41) is 19.6. The number of halogens is 1. The minimum atomic E-state index is -0.134. The molecule has 0 saturated carbocycles. The van der Waals surface area contributed by atoms with E-state index in [0.717, 1.165) is 30.8 Å². The number of urea groups is 1. The normalized spacial score (nSPS) is 21.8. The molecule has 2 aromatic rings. The number of anilines is 1. The Kier molecular flexibility index (Phi) is 6.36. The molecule has 0 aliphatic carbocycles. The molecule has 0 bridgehead atoms. The van der Waals surface area contributed by atoms with Gasteiger partial charge in [-0.1, -0.05) is 23.7 Å². The SMILES string of the molecule is C[C@@H](CO)Nc1ncc2c(n1)CN(C(=O)N[C@@H]1CNC[C@H]1c1ccc(Cl)cc1)CC2. The second-order valence-electron chi connectivity index (χ2n) is 7.94. The van der Waals surface area contributed by atoms with Gasteiger partial charge in [-0.2, -0.15) is 0 Å². The summed E-state index contributed by atoms with van der Waals surface area (Å²) in [5.74, 6) is 0.682. The average Bonchev–Trinajstić information content (AvgIpc) is 3.21. The highest BCUT2D eigenvalue weighted by atomic mass is 35.5. The molecule has 0 unspecified atom stereocenters. The molecule has 4 N–H and O–H groups in total. The van der Waals surface area contributed by atoms with E-state index >= 15 is 0 Å². The predicted octanol–water partition coefficient (Wildman–Crippen LogP) is 1.75. The number of carbonyl (C=O) groups excluding carboxylic acids is 1. The maximum absolute atomic E-state index is 13.0. The number of fused-ring (bicyclic) bond motifs is 1. The van der Waals surface area contributed by atoms with Gasteiger partial charge in [0.2, 0.25) is 5.95 Å². The molecule has 30 heavy (non-hydrogen) atoms. The minimum absolute atomic E-state index is 0.000808. The highest BCUT2D eigenvalue weighted by Gasteiger charge is 2.32. The number of aromatic nitrogens is 2. The molecule has 4 rings (SSSR count). The number of amides is 2. The average molecular weight is 431 g/mol. The Morgan fingerprint density at radius 1 is 1.37 bits per heavy atom. The van der Waals surface area contributed by atoms with Gasteiger partial charge in [0.1, 0.15) is 0 Å². The van der Waals surface area contributed by atoms with Crippen LogP contribution in [0.5, 0.6) is 0 Å². The quantitative estimate of drug-likeness (QED) is 0.576. The van der Waals surface area contributed by atoms with Crippen molar-refractivity contribution in [2.24, 2.45) is 0 Å². The van der Waals surface area contributed by atoms with Crippen LogP contribution in [0.25, 0.3) is 0 Å². The molecular weight excluding hydrogens is 404 g/mol. The first kappa shape index (κ1) is 20.8. The number of rotatable bonds is 5. The molecule has 1 aromatic carbocycles. The number of aliphatic hydroxyl groups excluding tert-OH is 1. The van der Waals surface area contributed by atoms with E-state index in [9.17, 15) is 9.90 Å². The third-order valence-electron chi connectivity index (χ3n) is 5.70. The molecule has 3 heterocycles. The van der Waals surface area contributed by atoms with Crippen LogP contribution >= 0.6 is 11.6 Å². The molecule has 2 aliphatic rings. The van der Waals surface area contributed by atoms with Gasteiger partial charge in [-0.3, -0.25) is 0 Å². The van der Waals surface area contributed by atoms with Crippen molar-refractivity contribution in [3.8, 4) is 0 Å². The fourth-order valence-corrected chi connectivity index (χ4v) is 4.08. The topological polar surface area (TPSA) is 102 Å². The number of nitrogens with one attached hydrogen (secondary N) is 3. The van der Waals surface area contributed by atoms with Crippen molar-refractivity contribution in [3.63, 3.8) is 0 Å². The lowest BCUT2D eigenvalue weighted by atomic mass is 9.94. The second-order valence-corrected chi connectivity index (χ2v) is 8.37. The maximum atomic E-state index is 13.0. The van der Waals surface area contributed by atoms with E-state index in [1.54, 1.807) is 4.90 Å². The van der Waals surface area contributed by atoms with Crippen LogP contribution in [0.15, 0.2) is 30.5 Å². The van der Waals surface area contributed by atoms with Crippen LogP contribution in [0.4, 0.5) is 10.7 Å². The fourth-order valence-electron chi connectivity index (χ4n) is 3.95. The van der Waals surface area contributed by atoms with Gasteiger partial charge in [0.15, 0.2) is 0 Å². The van der Waals surface area contributed by atoms with E-state index in [1.165, 1.54) is 5.56 Å². The number of hydrogen-bond acceptors (Lipinski definition) is 6. The van der Waals surface area contributed by atoms with Gasteiger partial charge in [0.25, 0.3) is 0 Å². The molecule has 1 aromatic heterocycles. The van der Waals surface area contributed by atoms with Crippen LogP contribution in [0.3, 0.4) is 0 Å². The van der Waals surface area contributed by atoms with Gasteiger partial charge in [-0.05, 0) is 36.6 Å². The molecule has 160 valence electrons. The van der Waals surface area contributed by atoms with Gasteiger partial charge in [-0.25, -0.2) is 14.8 Å². The lowest BCUT2D eigenvalue weighted by Gasteiger charge is -2.30.